The van der Waals surface area contributed by atoms with Gasteiger partial charge in [-0.25, -0.2) is 4.98 Å². The van der Waals surface area contributed by atoms with Gasteiger partial charge in [-0.05, 0) is 30.9 Å². The summed E-state index contributed by atoms with van der Waals surface area (Å²) in [7, 11) is 1.12. The highest BCUT2D eigenvalue weighted by Gasteiger charge is 2.34. The van der Waals surface area contributed by atoms with Crippen LogP contribution in [0.3, 0.4) is 0 Å². The number of aliphatic carboxylic acids is 1. The third-order valence-corrected chi connectivity index (χ3v) is 6.27. The fourth-order valence-corrected chi connectivity index (χ4v) is 3.82. The van der Waals surface area contributed by atoms with E-state index in [4.69, 9.17) is 5.11 Å². The average Bonchev–Trinajstić information content (AvgIpc) is 2.92. The molecule has 0 unspecified atom stereocenters. The molecule has 13 nitrogen and oxygen atoms in total. The number of ether oxygens (including phenoxy) is 1. The minimum absolute atomic E-state index is 0.0902. The lowest BCUT2D eigenvalue weighted by Gasteiger charge is -2.27. The Balaban J connectivity index is 2.22. The minimum atomic E-state index is -1.46. The van der Waals surface area contributed by atoms with Crippen LogP contribution in [0.4, 0.5) is 0 Å². The molecule has 4 atom stereocenters. The number of benzene rings is 1. The number of carbonyl (C=O) groups excluding carboxylic acids is 5. The van der Waals surface area contributed by atoms with Crippen molar-refractivity contribution in [1.29, 1.82) is 0 Å². The van der Waals surface area contributed by atoms with Gasteiger partial charge in [0.15, 0.2) is 0 Å². The molecule has 0 aliphatic rings. The van der Waals surface area contributed by atoms with Crippen molar-refractivity contribution in [1.82, 2.24) is 26.3 Å². The molecule has 0 saturated carbocycles. The summed E-state index contributed by atoms with van der Waals surface area (Å²) in [4.78, 5) is 79.7. The molecule has 2 rings (SSSR count). The second-order valence-electron chi connectivity index (χ2n) is 10.2. The van der Waals surface area contributed by atoms with Crippen molar-refractivity contribution in [2.45, 2.75) is 65.2 Å². The van der Waals surface area contributed by atoms with Gasteiger partial charge in [-0.2, -0.15) is 0 Å². The van der Waals surface area contributed by atoms with Crippen LogP contribution < -0.4 is 21.3 Å². The number of para-hydroxylation sites is 1. The molecule has 1 heterocycles. The van der Waals surface area contributed by atoms with E-state index in [1.54, 1.807) is 45.9 Å². The molecule has 1 aromatic heterocycles. The molecule has 0 spiro atoms. The van der Waals surface area contributed by atoms with Crippen molar-refractivity contribution in [2.24, 2.45) is 11.8 Å². The van der Waals surface area contributed by atoms with Crippen LogP contribution in [-0.2, 0) is 28.7 Å². The average molecular weight is 572 g/mol. The Bertz CT molecular complexity index is 1300. The molecule has 41 heavy (non-hydrogen) atoms. The van der Waals surface area contributed by atoms with E-state index < -0.39 is 78.0 Å². The zero-order valence-corrected chi connectivity index (χ0v) is 23.9. The van der Waals surface area contributed by atoms with Gasteiger partial charge >= 0.3 is 11.9 Å². The third-order valence-electron chi connectivity index (χ3n) is 6.27. The highest BCUT2D eigenvalue weighted by Crippen LogP contribution is 2.13. The fraction of sp³-hybridized carbons (Fsp3) is 0.464. The van der Waals surface area contributed by atoms with Crippen LogP contribution in [0.15, 0.2) is 36.4 Å². The summed E-state index contributed by atoms with van der Waals surface area (Å²) in [6.07, 6.45) is -0.559. The number of hydrogen-bond donors (Lipinski definition) is 5. The first-order valence-corrected chi connectivity index (χ1v) is 13.1. The summed E-state index contributed by atoms with van der Waals surface area (Å²) in [6, 6.07) is 5.55. The Hall–Kier alpha value is -4.55. The monoisotopic (exact) mass is 571 g/mol. The highest BCUT2D eigenvalue weighted by atomic mass is 16.5. The molecule has 0 fully saturated rings. The van der Waals surface area contributed by atoms with Gasteiger partial charge in [0.1, 0.15) is 29.9 Å². The Morgan fingerprint density at radius 3 is 1.95 bits per heavy atom. The van der Waals surface area contributed by atoms with Crippen LogP contribution in [0.1, 0.15) is 51.5 Å². The van der Waals surface area contributed by atoms with Gasteiger partial charge < -0.3 is 31.1 Å². The summed E-state index contributed by atoms with van der Waals surface area (Å²) in [6.45, 7) is 7.92. The predicted octanol–water partition coefficient (Wildman–Crippen LogP) is 0.767. The van der Waals surface area contributed by atoms with Gasteiger partial charge in [-0.15, -0.1) is 0 Å². The molecule has 2 aromatic rings. The van der Waals surface area contributed by atoms with E-state index >= 15 is 0 Å². The van der Waals surface area contributed by atoms with Gasteiger partial charge in [-0.3, -0.25) is 28.8 Å². The first kappa shape index (κ1) is 32.7. The molecule has 13 heteroatoms. The zero-order chi connectivity index (χ0) is 30.9. The van der Waals surface area contributed by atoms with Crippen LogP contribution in [0.2, 0.25) is 0 Å². The molecular weight excluding hydrogens is 534 g/mol. The summed E-state index contributed by atoms with van der Waals surface area (Å²) in [5.74, 6) is -5.93. The quantitative estimate of drug-likeness (QED) is 0.216. The number of carbonyl (C=O) groups is 6. The van der Waals surface area contributed by atoms with E-state index in [0.717, 1.165) is 12.5 Å². The smallest absolute Gasteiger partial charge is 0.325 e. The minimum Gasteiger partial charge on any atom is -0.480 e. The van der Waals surface area contributed by atoms with E-state index in [9.17, 15) is 28.8 Å². The van der Waals surface area contributed by atoms with Gasteiger partial charge in [0.05, 0.1) is 19.0 Å². The van der Waals surface area contributed by atoms with Gasteiger partial charge in [-0.1, -0.05) is 52.0 Å². The molecular formula is C28H37N5O8. The van der Waals surface area contributed by atoms with E-state index in [0.29, 0.717) is 5.52 Å². The number of nitrogens with one attached hydrogen (secondary N) is 4. The van der Waals surface area contributed by atoms with E-state index in [-0.39, 0.29) is 5.69 Å². The van der Waals surface area contributed by atoms with Crippen molar-refractivity contribution >= 4 is 46.5 Å². The van der Waals surface area contributed by atoms with Crippen LogP contribution in [-0.4, -0.2) is 76.9 Å². The van der Waals surface area contributed by atoms with Crippen molar-refractivity contribution in [3.05, 3.63) is 42.1 Å². The SMILES string of the molecule is COC(=O)C[C@H](NC(=O)[C@@H](NC(=O)c1ccc2ccccc2n1)C(C)C)C(=O)N[C@H](C(=O)N[C@@H](C)C(=O)O)C(C)C. The molecule has 0 radical (unpaired) electrons. The van der Waals surface area contributed by atoms with E-state index in [1.165, 1.54) is 13.0 Å². The Kier molecular flexibility index (Phi) is 11.7. The van der Waals surface area contributed by atoms with Crippen LogP contribution in [0, 0.1) is 11.8 Å². The number of carboxylic acids is 1. The van der Waals surface area contributed by atoms with E-state index in [1.807, 2.05) is 12.1 Å². The Morgan fingerprint density at radius 2 is 1.37 bits per heavy atom. The number of carboxylic acid groups (broad SMARTS) is 1. The number of amides is 4. The summed E-state index contributed by atoms with van der Waals surface area (Å²) in [5, 5.41) is 19.8. The van der Waals surface area contributed by atoms with Crippen molar-refractivity contribution in [3.63, 3.8) is 0 Å². The maximum absolute atomic E-state index is 13.3. The third kappa shape index (κ3) is 9.26. The number of nitrogens with zero attached hydrogens (tertiary/aromatic N) is 1. The van der Waals surface area contributed by atoms with Crippen molar-refractivity contribution in [3.8, 4) is 0 Å². The lowest BCUT2D eigenvalue weighted by atomic mass is 10.0. The lowest BCUT2D eigenvalue weighted by molar-refractivity contribution is -0.144. The Morgan fingerprint density at radius 1 is 0.780 bits per heavy atom. The molecule has 1 aromatic carbocycles. The largest absolute Gasteiger partial charge is 0.480 e. The van der Waals surface area contributed by atoms with Crippen molar-refractivity contribution < 1.29 is 38.6 Å². The fourth-order valence-electron chi connectivity index (χ4n) is 3.82. The molecule has 0 aliphatic heterocycles. The van der Waals surface area contributed by atoms with Gasteiger partial charge in [0.2, 0.25) is 17.7 Å². The number of fused-ring (bicyclic) bond motifs is 1. The first-order chi connectivity index (χ1) is 19.2. The maximum atomic E-state index is 13.3. The normalized spacial score (nSPS) is 14.0. The summed E-state index contributed by atoms with van der Waals surface area (Å²) in [5.41, 5.74) is 0.689. The number of rotatable bonds is 13. The Labute approximate surface area is 237 Å². The summed E-state index contributed by atoms with van der Waals surface area (Å²) < 4.78 is 4.66. The number of hydrogen-bond acceptors (Lipinski definition) is 8. The number of esters is 1. The van der Waals surface area contributed by atoms with Crippen molar-refractivity contribution in [2.75, 3.05) is 7.11 Å². The topological polar surface area (TPSA) is 193 Å². The van der Waals surface area contributed by atoms with Crippen LogP contribution in [0.25, 0.3) is 10.9 Å². The number of aromatic nitrogens is 1. The van der Waals surface area contributed by atoms with Crippen LogP contribution >= 0.6 is 0 Å². The van der Waals surface area contributed by atoms with Crippen LogP contribution in [0.5, 0.6) is 0 Å². The standard InChI is InChI=1S/C28H37N5O8/c1-14(2)22(26(37)29-16(5)28(39)40)33-25(36)20(13-21(34)41-6)31-27(38)23(15(3)4)32-24(35)19-12-11-17-9-7-8-10-18(17)30-19/h7-12,14-16,20,22-23H,13H2,1-6H3,(H,29,37)(H,31,38)(H,32,35)(H,33,36)(H,39,40)/t16-,20-,22-,23-/m0/s1. The molecule has 5 N–H and O–H groups in total. The molecule has 0 saturated heterocycles. The predicted molar refractivity (Wildman–Crippen MR) is 148 cm³/mol. The van der Waals surface area contributed by atoms with Gasteiger partial charge in [0.25, 0.3) is 5.91 Å². The molecule has 0 aliphatic carbocycles. The zero-order valence-electron chi connectivity index (χ0n) is 23.9. The first-order valence-electron chi connectivity index (χ1n) is 13.1. The summed E-state index contributed by atoms with van der Waals surface area (Å²) >= 11 is 0. The number of methoxy groups -OCH3 is 1. The van der Waals surface area contributed by atoms with E-state index in [2.05, 4.69) is 31.0 Å². The molecule has 222 valence electrons. The highest BCUT2D eigenvalue weighted by molar-refractivity contribution is 5.99. The lowest BCUT2D eigenvalue weighted by Crippen LogP contribution is -2.59. The second kappa shape index (κ2) is 14.7. The maximum Gasteiger partial charge on any atom is 0.325 e. The molecule has 0 bridgehead atoms. The number of pyridine rings is 1. The van der Waals surface area contributed by atoms with Gasteiger partial charge in [0, 0.05) is 5.39 Å². The second-order valence-corrected chi connectivity index (χ2v) is 10.2. The molecule has 4 amide bonds.